The van der Waals surface area contributed by atoms with Gasteiger partial charge in [0.25, 0.3) is 0 Å². The molecule has 1 aliphatic rings. The SMILES string of the molecule is CCCCC1(N)CCCC(=Cc2ccccc2O)C1N. The van der Waals surface area contributed by atoms with E-state index in [4.69, 9.17) is 11.5 Å². The van der Waals surface area contributed by atoms with E-state index in [2.05, 4.69) is 6.92 Å². The Kier molecular flexibility index (Phi) is 4.84. The number of benzene rings is 1. The molecule has 20 heavy (non-hydrogen) atoms. The molecule has 5 N–H and O–H groups in total. The standard InChI is InChI=1S/C17H26N2O/c1-2-3-10-17(19)11-6-8-14(16(17)18)12-13-7-4-5-9-15(13)20/h4-5,7,9,12,16,20H,2-3,6,8,10-11,18-19H2,1H3. The molecular formula is C17H26N2O. The third-order valence-corrected chi connectivity index (χ3v) is 4.40. The van der Waals surface area contributed by atoms with Crippen LogP contribution < -0.4 is 11.5 Å². The molecular weight excluding hydrogens is 248 g/mol. The van der Waals surface area contributed by atoms with E-state index in [1.165, 1.54) is 0 Å². The minimum atomic E-state index is -0.287. The molecule has 1 saturated carbocycles. The number of unbranched alkanes of at least 4 members (excludes halogenated alkanes) is 1. The van der Waals surface area contributed by atoms with Crippen LogP contribution in [0, 0.1) is 0 Å². The number of phenolic OH excluding ortho intramolecular Hbond substituents is 1. The first kappa shape index (κ1) is 15.1. The second kappa shape index (κ2) is 6.42. The molecule has 0 aromatic heterocycles. The average molecular weight is 274 g/mol. The first-order valence-electron chi connectivity index (χ1n) is 7.60. The fourth-order valence-electron chi connectivity index (χ4n) is 3.06. The van der Waals surface area contributed by atoms with Crippen LogP contribution in [0.15, 0.2) is 29.8 Å². The molecule has 2 atom stereocenters. The van der Waals surface area contributed by atoms with Gasteiger partial charge in [-0.15, -0.1) is 0 Å². The quantitative estimate of drug-likeness (QED) is 0.789. The molecule has 3 nitrogen and oxygen atoms in total. The summed E-state index contributed by atoms with van der Waals surface area (Å²) < 4.78 is 0. The highest BCUT2D eigenvalue weighted by Crippen LogP contribution is 2.34. The second-order valence-electron chi connectivity index (χ2n) is 5.95. The van der Waals surface area contributed by atoms with Crippen molar-refractivity contribution >= 4 is 6.08 Å². The molecule has 0 spiro atoms. The van der Waals surface area contributed by atoms with Gasteiger partial charge in [-0.2, -0.15) is 0 Å². The number of hydrogen-bond donors (Lipinski definition) is 3. The maximum absolute atomic E-state index is 9.88. The van der Waals surface area contributed by atoms with E-state index in [1.54, 1.807) is 6.07 Å². The van der Waals surface area contributed by atoms with E-state index in [9.17, 15) is 5.11 Å². The van der Waals surface area contributed by atoms with Crippen molar-refractivity contribution in [3.63, 3.8) is 0 Å². The van der Waals surface area contributed by atoms with Gasteiger partial charge in [0.1, 0.15) is 5.75 Å². The van der Waals surface area contributed by atoms with Crippen molar-refractivity contribution in [1.82, 2.24) is 0 Å². The first-order valence-corrected chi connectivity index (χ1v) is 7.60. The van der Waals surface area contributed by atoms with E-state index in [0.29, 0.717) is 5.75 Å². The van der Waals surface area contributed by atoms with Gasteiger partial charge in [0, 0.05) is 17.1 Å². The van der Waals surface area contributed by atoms with Crippen LogP contribution in [0.25, 0.3) is 6.08 Å². The molecule has 0 radical (unpaired) electrons. The van der Waals surface area contributed by atoms with Crippen molar-refractivity contribution in [2.45, 2.75) is 57.0 Å². The maximum Gasteiger partial charge on any atom is 0.122 e. The Balaban J connectivity index is 2.22. The maximum atomic E-state index is 9.88. The lowest BCUT2D eigenvalue weighted by Gasteiger charge is -2.41. The Morgan fingerprint density at radius 3 is 2.85 bits per heavy atom. The second-order valence-corrected chi connectivity index (χ2v) is 5.95. The lowest BCUT2D eigenvalue weighted by Crippen LogP contribution is -2.57. The third kappa shape index (κ3) is 3.22. The summed E-state index contributed by atoms with van der Waals surface area (Å²) in [6.07, 6.45) is 8.30. The molecule has 0 amide bonds. The predicted octanol–water partition coefficient (Wildman–Crippen LogP) is 3.17. The summed E-state index contributed by atoms with van der Waals surface area (Å²) in [6, 6.07) is 7.25. The molecule has 0 saturated heterocycles. The number of phenols is 1. The molecule has 110 valence electrons. The number of aromatic hydroxyl groups is 1. The number of nitrogens with two attached hydrogens (primary N) is 2. The van der Waals surface area contributed by atoms with Gasteiger partial charge >= 0.3 is 0 Å². The van der Waals surface area contributed by atoms with Crippen LogP contribution >= 0.6 is 0 Å². The van der Waals surface area contributed by atoms with Crippen LogP contribution in [0.4, 0.5) is 0 Å². The highest BCUT2D eigenvalue weighted by molar-refractivity contribution is 5.60. The highest BCUT2D eigenvalue weighted by Gasteiger charge is 2.36. The molecule has 1 aromatic rings. The van der Waals surface area contributed by atoms with Gasteiger partial charge in [0.05, 0.1) is 0 Å². The third-order valence-electron chi connectivity index (χ3n) is 4.40. The zero-order chi connectivity index (χ0) is 14.6. The van der Waals surface area contributed by atoms with Gasteiger partial charge in [0.15, 0.2) is 0 Å². The zero-order valence-corrected chi connectivity index (χ0v) is 12.3. The summed E-state index contributed by atoms with van der Waals surface area (Å²) in [7, 11) is 0. The molecule has 1 fully saturated rings. The lowest BCUT2D eigenvalue weighted by molar-refractivity contribution is 0.278. The average Bonchev–Trinajstić information content (AvgIpc) is 2.44. The lowest BCUT2D eigenvalue weighted by atomic mass is 9.72. The summed E-state index contributed by atoms with van der Waals surface area (Å²) in [5.74, 6) is 0.300. The van der Waals surface area contributed by atoms with Gasteiger partial charge in [-0.1, -0.05) is 49.6 Å². The molecule has 1 aromatic carbocycles. The summed E-state index contributed by atoms with van der Waals surface area (Å²) in [6.45, 7) is 2.18. The van der Waals surface area contributed by atoms with E-state index in [1.807, 2.05) is 24.3 Å². The van der Waals surface area contributed by atoms with Crippen molar-refractivity contribution in [3.8, 4) is 5.75 Å². The molecule has 3 heteroatoms. The van der Waals surface area contributed by atoms with Crippen molar-refractivity contribution in [2.24, 2.45) is 11.5 Å². The van der Waals surface area contributed by atoms with Gasteiger partial charge in [-0.25, -0.2) is 0 Å². The Morgan fingerprint density at radius 1 is 1.40 bits per heavy atom. The number of hydrogen-bond acceptors (Lipinski definition) is 3. The summed E-state index contributed by atoms with van der Waals surface area (Å²) >= 11 is 0. The largest absolute Gasteiger partial charge is 0.507 e. The minimum absolute atomic E-state index is 0.109. The Bertz CT molecular complexity index is 484. The van der Waals surface area contributed by atoms with E-state index < -0.39 is 0 Å². The number of rotatable bonds is 4. The fourth-order valence-corrected chi connectivity index (χ4v) is 3.06. The highest BCUT2D eigenvalue weighted by atomic mass is 16.3. The van der Waals surface area contributed by atoms with Crippen LogP contribution in [-0.2, 0) is 0 Å². The van der Waals surface area contributed by atoms with E-state index in [-0.39, 0.29) is 11.6 Å². The Hall–Kier alpha value is -1.32. The van der Waals surface area contributed by atoms with Gasteiger partial charge < -0.3 is 16.6 Å². The Morgan fingerprint density at radius 2 is 2.15 bits per heavy atom. The van der Waals surface area contributed by atoms with Crippen molar-refractivity contribution < 1.29 is 5.11 Å². The molecule has 2 rings (SSSR count). The monoisotopic (exact) mass is 274 g/mol. The van der Waals surface area contributed by atoms with Gasteiger partial charge in [-0.3, -0.25) is 0 Å². The normalized spacial score (nSPS) is 28.8. The minimum Gasteiger partial charge on any atom is -0.507 e. The van der Waals surface area contributed by atoms with Crippen LogP contribution in [0.2, 0.25) is 0 Å². The van der Waals surface area contributed by atoms with Crippen LogP contribution in [0.5, 0.6) is 5.75 Å². The smallest absolute Gasteiger partial charge is 0.122 e. The predicted molar refractivity (Wildman–Crippen MR) is 84.4 cm³/mol. The molecule has 0 bridgehead atoms. The van der Waals surface area contributed by atoms with Crippen molar-refractivity contribution in [3.05, 3.63) is 35.4 Å². The van der Waals surface area contributed by atoms with Crippen LogP contribution in [0.3, 0.4) is 0 Å². The van der Waals surface area contributed by atoms with Crippen molar-refractivity contribution in [2.75, 3.05) is 0 Å². The molecule has 1 aliphatic carbocycles. The van der Waals surface area contributed by atoms with Gasteiger partial charge in [-0.05, 0) is 31.7 Å². The molecule has 0 aliphatic heterocycles. The van der Waals surface area contributed by atoms with Crippen LogP contribution in [0.1, 0.15) is 51.0 Å². The molecule has 2 unspecified atom stereocenters. The van der Waals surface area contributed by atoms with E-state index in [0.717, 1.165) is 49.7 Å². The van der Waals surface area contributed by atoms with Crippen LogP contribution in [-0.4, -0.2) is 16.7 Å². The summed E-state index contributed by atoms with van der Waals surface area (Å²) in [4.78, 5) is 0. The number of para-hydroxylation sites is 1. The first-order chi connectivity index (χ1) is 9.57. The zero-order valence-electron chi connectivity index (χ0n) is 12.3. The topological polar surface area (TPSA) is 72.3 Å². The van der Waals surface area contributed by atoms with Crippen molar-refractivity contribution in [1.29, 1.82) is 0 Å². The molecule has 0 heterocycles. The van der Waals surface area contributed by atoms with Gasteiger partial charge in [0.2, 0.25) is 0 Å². The fraction of sp³-hybridized carbons (Fsp3) is 0.529. The summed E-state index contributed by atoms with van der Waals surface area (Å²) in [5.41, 5.74) is 14.7. The Labute approximate surface area is 121 Å². The summed E-state index contributed by atoms with van der Waals surface area (Å²) in [5, 5.41) is 9.88. The van der Waals surface area contributed by atoms with E-state index >= 15 is 0 Å².